The van der Waals surface area contributed by atoms with Crippen LogP contribution in [0.5, 0.6) is 0 Å². The number of hydrogen-bond donors (Lipinski definition) is 6. The highest BCUT2D eigenvalue weighted by Gasteiger charge is 2.54. The molecule has 2 unspecified atom stereocenters. The van der Waals surface area contributed by atoms with Gasteiger partial charge < -0.3 is 39.7 Å². The van der Waals surface area contributed by atoms with Gasteiger partial charge in [-0.3, -0.25) is 27.7 Å². The number of phosphoric ester groups is 1. The van der Waals surface area contributed by atoms with Gasteiger partial charge in [-0.2, -0.15) is 0 Å². The van der Waals surface area contributed by atoms with Gasteiger partial charge in [0.2, 0.25) is 0 Å². The van der Waals surface area contributed by atoms with Gasteiger partial charge in [0.15, 0.2) is 12.5 Å². The van der Waals surface area contributed by atoms with E-state index < -0.39 is 89.7 Å². The number of alkyl halides is 1. The maximum atomic E-state index is 13.0. The Kier molecular flexibility index (Phi) is 32.7. The predicted molar refractivity (Wildman–Crippen MR) is 227 cm³/mol. The smallest absolute Gasteiger partial charge is 0.462 e. The Morgan fingerprint density at radius 2 is 0.883 bits per heavy atom. The summed E-state index contributed by atoms with van der Waals surface area (Å²) in [5.74, 6) is -1.20. The summed E-state index contributed by atoms with van der Waals surface area (Å²) in [4.78, 5) is 45.4. The van der Waals surface area contributed by atoms with Gasteiger partial charge in [-0.1, -0.05) is 168 Å². The summed E-state index contributed by atoms with van der Waals surface area (Å²) >= 11 is 0. The van der Waals surface area contributed by atoms with Crippen LogP contribution in [0.4, 0.5) is 4.39 Å². The number of rotatable bonds is 39. The molecule has 0 spiro atoms. The number of carbonyl (C=O) groups excluding carboxylic acids is 2. The molecule has 1 aliphatic carbocycles. The molecule has 356 valence electrons. The van der Waals surface area contributed by atoms with Gasteiger partial charge in [0, 0.05) is 12.8 Å². The van der Waals surface area contributed by atoms with E-state index in [0.29, 0.717) is 12.8 Å². The first-order chi connectivity index (χ1) is 28.7. The summed E-state index contributed by atoms with van der Waals surface area (Å²) in [5, 5.41) is 41.4. The zero-order valence-electron chi connectivity index (χ0n) is 36.6. The number of esters is 2. The molecule has 1 aliphatic rings. The van der Waals surface area contributed by atoms with Crippen molar-refractivity contribution in [3.8, 4) is 0 Å². The van der Waals surface area contributed by atoms with Crippen LogP contribution in [-0.4, -0.2) is 105 Å². The highest BCUT2D eigenvalue weighted by Crippen LogP contribution is 2.50. The van der Waals surface area contributed by atoms with Crippen molar-refractivity contribution >= 4 is 27.4 Å². The first-order valence-corrected chi connectivity index (χ1v) is 26.2. The number of aliphatic hydroxyl groups excluding tert-OH is 4. The van der Waals surface area contributed by atoms with E-state index in [1.165, 1.54) is 103 Å². The molecular weight excluding hydrogens is 825 g/mol. The third kappa shape index (κ3) is 27.2. The van der Waals surface area contributed by atoms with Crippen LogP contribution in [0.15, 0.2) is 0 Å². The average Bonchev–Trinajstić information content (AvgIpc) is 3.22. The van der Waals surface area contributed by atoms with Crippen molar-refractivity contribution in [3.05, 3.63) is 0 Å². The lowest BCUT2D eigenvalue weighted by Crippen LogP contribution is -2.64. The van der Waals surface area contributed by atoms with Crippen LogP contribution < -0.4 is 0 Å². The SMILES string of the molecule is CCCCCCCCCCCCCCCC(=O)OC[C@H](COP(=O)(O)O[C@@H]1[C@H](O)[C@H](OP(=O)(O)CF)[C@@H](O)[C@H](O)[C@H]1O)OC(=O)CCCCCCCCCCCCCCC. The van der Waals surface area contributed by atoms with Crippen LogP contribution in [0.1, 0.15) is 194 Å². The first-order valence-electron chi connectivity index (χ1n) is 23.0. The molecule has 0 amide bonds. The molecule has 6 N–H and O–H groups in total. The van der Waals surface area contributed by atoms with Crippen LogP contribution in [0.2, 0.25) is 0 Å². The van der Waals surface area contributed by atoms with Crippen molar-refractivity contribution in [1.29, 1.82) is 0 Å². The summed E-state index contributed by atoms with van der Waals surface area (Å²) in [6.45, 7) is 3.09. The van der Waals surface area contributed by atoms with E-state index >= 15 is 0 Å². The molecular formula is C42H81FO15P2. The summed E-state index contributed by atoms with van der Waals surface area (Å²) in [6.07, 6.45) is 12.9. The molecule has 60 heavy (non-hydrogen) atoms. The molecule has 0 radical (unpaired) electrons. The van der Waals surface area contributed by atoms with E-state index in [1.54, 1.807) is 0 Å². The van der Waals surface area contributed by atoms with Crippen molar-refractivity contribution in [2.24, 2.45) is 0 Å². The number of halogens is 1. The Labute approximate surface area is 359 Å². The monoisotopic (exact) mass is 907 g/mol. The number of aliphatic hydroxyl groups is 4. The van der Waals surface area contributed by atoms with Gasteiger partial charge in [-0.05, 0) is 12.8 Å². The number of hydrogen-bond acceptors (Lipinski definition) is 13. The minimum atomic E-state index is -5.31. The second-order valence-corrected chi connectivity index (χ2v) is 19.5. The van der Waals surface area contributed by atoms with Crippen molar-refractivity contribution in [2.45, 2.75) is 236 Å². The van der Waals surface area contributed by atoms with Crippen molar-refractivity contribution in [2.75, 3.05) is 19.6 Å². The minimum Gasteiger partial charge on any atom is -0.462 e. The summed E-state index contributed by atoms with van der Waals surface area (Å²) in [6, 6.07) is 0. The largest absolute Gasteiger partial charge is 0.472 e. The Hall–Kier alpha value is -1.03. The molecule has 0 saturated heterocycles. The lowest BCUT2D eigenvalue weighted by atomic mass is 9.85. The van der Waals surface area contributed by atoms with Gasteiger partial charge in [-0.15, -0.1) is 0 Å². The van der Waals surface area contributed by atoms with E-state index in [4.69, 9.17) is 18.5 Å². The Bertz CT molecular complexity index is 1200. The summed E-state index contributed by atoms with van der Waals surface area (Å²) in [7, 11) is -10.3. The van der Waals surface area contributed by atoms with E-state index in [9.17, 15) is 53.3 Å². The Balaban J connectivity index is 2.64. The normalized spacial score (nSPS) is 23.1. The van der Waals surface area contributed by atoms with Gasteiger partial charge in [0.05, 0.1) is 6.61 Å². The minimum absolute atomic E-state index is 0.0457. The fourth-order valence-electron chi connectivity index (χ4n) is 7.20. The highest BCUT2D eigenvalue weighted by molar-refractivity contribution is 7.52. The zero-order valence-corrected chi connectivity index (χ0v) is 38.4. The molecule has 0 aliphatic heterocycles. The molecule has 9 atom stereocenters. The second-order valence-electron chi connectivity index (χ2n) is 16.4. The molecule has 0 aromatic heterocycles. The standard InChI is InChI=1S/C42H81FO15P2/c1-3-5-7-9-11-13-15-17-19-21-23-25-27-29-35(44)54-31-34(56-36(45)30-28-26-24-22-20-18-16-14-12-10-8-6-4-2)32-55-60(52,53)58-42-39(48)37(46)38(47)41(40(42)49)57-59(50,51)33-43/h34,37-42,46-49H,3-33H2,1-2H3,(H,50,51)(H,52,53)/t34-,37+,38+,39-,40-,41-,42+/m1/s1. The maximum absolute atomic E-state index is 13.0. The predicted octanol–water partition coefficient (Wildman–Crippen LogP) is 8.86. The molecule has 18 heteroatoms. The third-order valence-corrected chi connectivity index (χ3v) is 12.7. The van der Waals surface area contributed by atoms with Gasteiger partial charge in [-0.25, -0.2) is 8.96 Å². The fraction of sp³-hybridized carbons (Fsp3) is 0.952. The van der Waals surface area contributed by atoms with Crippen molar-refractivity contribution in [1.82, 2.24) is 0 Å². The van der Waals surface area contributed by atoms with Crippen LogP contribution in [0, 0.1) is 0 Å². The number of carbonyl (C=O) groups is 2. The van der Waals surface area contributed by atoms with Gasteiger partial charge in [0.1, 0.15) is 43.2 Å². The van der Waals surface area contributed by atoms with E-state index in [-0.39, 0.29) is 12.8 Å². The van der Waals surface area contributed by atoms with Crippen molar-refractivity contribution < 1.29 is 76.4 Å². The average molecular weight is 907 g/mol. The molecule has 0 aromatic carbocycles. The highest BCUT2D eigenvalue weighted by atomic mass is 31.2. The second kappa shape index (κ2) is 34.4. The molecule has 0 aromatic rings. The lowest BCUT2D eigenvalue weighted by Gasteiger charge is -2.43. The maximum Gasteiger partial charge on any atom is 0.472 e. The van der Waals surface area contributed by atoms with Crippen LogP contribution >= 0.6 is 15.4 Å². The van der Waals surface area contributed by atoms with Gasteiger partial charge in [0.25, 0.3) is 0 Å². The zero-order chi connectivity index (χ0) is 44.7. The molecule has 1 fully saturated rings. The number of phosphoric acid groups is 1. The van der Waals surface area contributed by atoms with E-state index in [1.807, 2.05) is 0 Å². The lowest BCUT2D eigenvalue weighted by molar-refractivity contribution is -0.215. The molecule has 1 rings (SSSR count). The first kappa shape index (κ1) is 57.0. The number of unbranched alkanes of at least 4 members (excludes halogenated alkanes) is 24. The molecule has 0 heterocycles. The molecule has 15 nitrogen and oxygen atoms in total. The van der Waals surface area contributed by atoms with E-state index in [2.05, 4.69) is 18.4 Å². The van der Waals surface area contributed by atoms with Crippen molar-refractivity contribution in [3.63, 3.8) is 0 Å². The number of ether oxygens (including phenoxy) is 2. The third-order valence-electron chi connectivity index (χ3n) is 10.9. The van der Waals surface area contributed by atoms with Gasteiger partial charge >= 0.3 is 27.4 Å². The van der Waals surface area contributed by atoms with Crippen LogP contribution in [0.3, 0.4) is 0 Å². The fourth-order valence-corrected chi connectivity index (χ4v) is 8.86. The molecule has 1 saturated carbocycles. The van der Waals surface area contributed by atoms with Crippen LogP contribution in [0.25, 0.3) is 0 Å². The van der Waals surface area contributed by atoms with Crippen LogP contribution in [-0.2, 0) is 41.8 Å². The molecule has 0 bridgehead atoms. The van der Waals surface area contributed by atoms with E-state index in [0.717, 1.165) is 51.4 Å². The topological polar surface area (TPSA) is 236 Å². The summed E-state index contributed by atoms with van der Waals surface area (Å²) in [5.41, 5.74) is 0. The Morgan fingerprint density at radius 1 is 0.517 bits per heavy atom. The summed E-state index contributed by atoms with van der Waals surface area (Å²) < 4.78 is 63.0. The quantitative estimate of drug-likeness (QED) is 0.0192. The Morgan fingerprint density at radius 3 is 1.28 bits per heavy atom.